The van der Waals surface area contributed by atoms with E-state index in [0.717, 1.165) is 11.5 Å². The molecule has 0 fully saturated rings. The molecule has 108 valence electrons. The molecule has 1 rings (SSSR count). The topological polar surface area (TPSA) is 42.7 Å². The summed E-state index contributed by atoms with van der Waals surface area (Å²) in [6.45, 7) is 9.73. The summed E-state index contributed by atoms with van der Waals surface area (Å²) in [5, 5.41) is 0. The minimum absolute atomic E-state index is 0.0124. The molecule has 4 nitrogen and oxygen atoms in total. The molecule has 1 heterocycles. The number of rotatable bonds is 6. The summed E-state index contributed by atoms with van der Waals surface area (Å²) in [6, 6.07) is 3.83. The van der Waals surface area contributed by atoms with Crippen LogP contribution >= 0.6 is 0 Å². The molecule has 1 aromatic heterocycles. The fraction of sp³-hybridized carbons (Fsp3) is 0.667. The standard InChI is InChI=1S/C15H25NO3/c1-12-6-7-13(19-12)11-16(8-9-18-5)14(17)10-15(2,3)4/h6-7H,8-11H2,1-5H3. The first-order chi connectivity index (χ1) is 8.81. The number of ether oxygens (including phenoxy) is 1. The van der Waals surface area contributed by atoms with Crippen LogP contribution in [0.4, 0.5) is 0 Å². The number of hydrogen-bond acceptors (Lipinski definition) is 3. The van der Waals surface area contributed by atoms with Crippen LogP contribution in [0.25, 0.3) is 0 Å². The van der Waals surface area contributed by atoms with E-state index in [4.69, 9.17) is 9.15 Å². The number of hydrogen-bond donors (Lipinski definition) is 0. The molecular weight excluding hydrogens is 242 g/mol. The number of aryl methyl sites for hydroxylation is 1. The molecule has 1 aromatic rings. The first kappa shape index (κ1) is 15.8. The Morgan fingerprint density at radius 3 is 2.53 bits per heavy atom. The Labute approximate surface area is 115 Å². The lowest BCUT2D eigenvalue weighted by atomic mass is 9.91. The van der Waals surface area contributed by atoms with E-state index in [2.05, 4.69) is 20.8 Å². The Kier molecular flexibility index (Phi) is 5.60. The molecular formula is C15H25NO3. The monoisotopic (exact) mass is 267 g/mol. The van der Waals surface area contributed by atoms with Crippen molar-refractivity contribution in [2.45, 2.75) is 40.7 Å². The van der Waals surface area contributed by atoms with E-state index in [9.17, 15) is 4.79 Å². The molecule has 0 saturated heterocycles. The molecule has 0 unspecified atom stereocenters. The van der Waals surface area contributed by atoms with Gasteiger partial charge in [0, 0.05) is 20.1 Å². The van der Waals surface area contributed by atoms with Gasteiger partial charge in [0.25, 0.3) is 0 Å². The van der Waals surface area contributed by atoms with Gasteiger partial charge >= 0.3 is 0 Å². The molecule has 0 N–H and O–H groups in total. The number of amides is 1. The fourth-order valence-corrected chi connectivity index (χ4v) is 1.82. The van der Waals surface area contributed by atoms with Gasteiger partial charge in [0.2, 0.25) is 5.91 Å². The van der Waals surface area contributed by atoms with Crippen LogP contribution < -0.4 is 0 Å². The number of nitrogens with zero attached hydrogens (tertiary/aromatic N) is 1. The van der Waals surface area contributed by atoms with Crippen molar-refractivity contribution >= 4 is 5.91 Å². The normalized spacial score (nSPS) is 11.6. The fourth-order valence-electron chi connectivity index (χ4n) is 1.82. The minimum atomic E-state index is -0.0124. The van der Waals surface area contributed by atoms with Crippen LogP contribution in [-0.2, 0) is 16.1 Å². The molecule has 19 heavy (non-hydrogen) atoms. The van der Waals surface area contributed by atoms with Crippen molar-refractivity contribution in [1.82, 2.24) is 4.90 Å². The Balaban J connectivity index is 2.68. The third kappa shape index (κ3) is 5.92. The van der Waals surface area contributed by atoms with Crippen molar-refractivity contribution in [3.63, 3.8) is 0 Å². The summed E-state index contributed by atoms with van der Waals surface area (Å²) >= 11 is 0. The first-order valence-electron chi connectivity index (χ1n) is 6.64. The Bertz CT molecular complexity index is 404. The summed E-state index contributed by atoms with van der Waals surface area (Å²) in [4.78, 5) is 14.1. The van der Waals surface area contributed by atoms with Crippen LogP contribution in [-0.4, -0.2) is 31.1 Å². The second-order valence-electron chi connectivity index (χ2n) is 6.06. The van der Waals surface area contributed by atoms with E-state index in [1.54, 1.807) is 12.0 Å². The lowest BCUT2D eigenvalue weighted by Gasteiger charge is -2.25. The zero-order chi connectivity index (χ0) is 14.5. The van der Waals surface area contributed by atoms with E-state index in [1.807, 2.05) is 19.1 Å². The molecule has 0 radical (unpaired) electrons. The first-order valence-corrected chi connectivity index (χ1v) is 6.64. The predicted molar refractivity (Wildman–Crippen MR) is 74.8 cm³/mol. The lowest BCUT2D eigenvalue weighted by Crippen LogP contribution is -2.35. The van der Waals surface area contributed by atoms with Crippen LogP contribution in [0.15, 0.2) is 16.5 Å². The van der Waals surface area contributed by atoms with Gasteiger partial charge in [-0.3, -0.25) is 4.79 Å². The van der Waals surface area contributed by atoms with Gasteiger partial charge in [-0.25, -0.2) is 0 Å². The van der Waals surface area contributed by atoms with Gasteiger partial charge in [-0.15, -0.1) is 0 Å². The summed E-state index contributed by atoms with van der Waals surface area (Å²) in [6.07, 6.45) is 0.524. The predicted octanol–water partition coefficient (Wildman–Crippen LogP) is 3.00. The quantitative estimate of drug-likeness (QED) is 0.795. The number of carbonyl (C=O) groups is 1. The smallest absolute Gasteiger partial charge is 0.223 e. The number of methoxy groups -OCH3 is 1. The Morgan fingerprint density at radius 2 is 2.05 bits per heavy atom. The van der Waals surface area contributed by atoms with E-state index in [1.165, 1.54) is 0 Å². The Hall–Kier alpha value is -1.29. The van der Waals surface area contributed by atoms with E-state index in [-0.39, 0.29) is 11.3 Å². The highest BCUT2D eigenvalue weighted by Gasteiger charge is 2.21. The highest BCUT2D eigenvalue weighted by Crippen LogP contribution is 2.21. The van der Waals surface area contributed by atoms with Crippen LogP contribution in [0.2, 0.25) is 0 Å². The van der Waals surface area contributed by atoms with Crippen LogP contribution in [0, 0.1) is 12.3 Å². The molecule has 0 saturated carbocycles. The number of carbonyl (C=O) groups excluding carboxylic acids is 1. The second-order valence-corrected chi connectivity index (χ2v) is 6.06. The van der Waals surface area contributed by atoms with Crippen molar-refractivity contribution in [1.29, 1.82) is 0 Å². The Morgan fingerprint density at radius 1 is 1.37 bits per heavy atom. The van der Waals surface area contributed by atoms with Crippen LogP contribution in [0.3, 0.4) is 0 Å². The van der Waals surface area contributed by atoms with Crippen molar-refractivity contribution in [3.05, 3.63) is 23.7 Å². The minimum Gasteiger partial charge on any atom is -0.464 e. The second kappa shape index (κ2) is 6.75. The maximum absolute atomic E-state index is 12.3. The van der Waals surface area contributed by atoms with Crippen molar-refractivity contribution in [3.8, 4) is 0 Å². The molecule has 0 bridgehead atoms. The van der Waals surface area contributed by atoms with E-state index >= 15 is 0 Å². The van der Waals surface area contributed by atoms with Gasteiger partial charge in [-0.2, -0.15) is 0 Å². The highest BCUT2D eigenvalue weighted by molar-refractivity contribution is 5.76. The summed E-state index contributed by atoms with van der Waals surface area (Å²) in [5.41, 5.74) is -0.0124. The van der Waals surface area contributed by atoms with Crippen LogP contribution in [0.5, 0.6) is 0 Å². The largest absolute Gasteiger partial charge is 0.464 e. The van der Waals surface area contributed by atoms with Gasteiger partial charge in [-0.1, -0.05) is 20.8 Å². The summed E-state index contributed by atoms with van der Waals surface area (Å²) < 4.78 is 10.6. The molecule has 0 aliphatic carbocycles. The molecule has 0 aliphatic rings. The molecule has 1 amide bonds. The van der Waals surface area contributed by atoms with Gasteiger partial charge in [-0.05, 0) is 24.5 Å². The van der Waals surface area contributed by atoms with Crippen molar-refractivity contribution in [2.24, 2.45) is 5.41 Å². The van der Waals surface area contributed by atoms with Gasteiger partial charge in [0.05, 0.1) is 13.2 Å². The zero-order valence-corrected chi connectivity index (χ0v) is 12.7. The third-order valence-electron chi connectivity index (χ3n) is 2.74. The molecule has 0 atom stereocenters. The van der Waals surface area contributed by atoms with Gasteiger partial charge in [0.1, 0.15) is 11.5 Å². The summed E-state index contributed by atoms with van der Waals surface area (Å²) in [7, 11) is 1.64. The zero-order valence-electron chi connectivity index (χ0n) is 12.7. The lowest BCUT2D eigenvalue weighted by molar-refractivity contribution is -0.134. The molecule has 0 aliphatic heterocycles. The van der Waals surface area contributed by atoms with Gasteiger partial charge in [0.15, 0.2) is 0 Å². The summed E-state index contributed by atoms with van der Waals surface area (Å²) in [5.74, 6) is 1.82. The maximum Gasteiger partial charge on any atom is 0.223 e. The van der Waals surface area contributed by atoms with Crippen LogP contribution in [0.1, 0.15) is 38.7 Å². The molecule has 0 aromatic carbocycles. The third-order valence-corrected chi connectivity index (χ3v) is 2.74. The van der Waals surface area contributed by atoms with Crippen molar-refractivity contribution in [2.75, 3.05) is 20.3 Å². The van der Waals surface area contributed by atoms with Gasteiger partial charge < -0.3 is 14.1 Å². The van der Waals surface area contributed by atoms with E-state index < -0.39 is 0 Å². The number of furan rings is 1. The highest BCUT2D eigenvalue weighted by atomic mass is 16.5. The molecule has 0 spiro atoms. The van der Waals surface area contributed by atoms with E-state index in [0.29, 0.717) is 26.1 Å². The molecule has 4 heteroatoms. The SMILES string of the molecule is COCCN(Cc1ccc(C)o1)C(=O)CC(C)(C)C. The van der Waals surface area contributed by atoms with Crippen molar-refractivity contribution < 1.29 is 13.9 Å². The maximum atomic E-state index is 12.3. The average molecular weight is 267 g/mol. The average Bonchev–Trinajstić information content (AvgIpc) is 2.67.